The summed E-state index contributed by atoms with van der Waals surface area (Å²) in [5.74, 6) is 0.939. The van der Waals surface area contributed by atoms with E-state index in [1.807, 2.05) is 6.92 Å². The van der Waals surface area contributed by atoms with Crippen LogP contribution in [0.2, 0.25) is 0 Å². The summed E-state index contributed by atoms with van der Waals surface area (Å²) < 4.78 is 4.98. The molecule has 18 heavy (non-hydrogen) atoms. The van der Waals surface area contributed by atoms with E-state index in [1.54, 1.807) is 24.4 Å². The predicted molar refractivity (Wildman–Crippen MR) is 80.4 cm³/mol. The zero-order valence-electron chi connectivity index (χ0n) is 10.9. The van der Waals surface area contributed by atoms with Crippen molar-refractivity contribution in [2.24, 2.45) is 0 Å². The first-order valence-electron chi connectivity index (χ1n) is 5.93. The fourth-order valence-corrected chi connectivity index (χ4v) is 2.31. The minimum absolute atomic E-state index is 0.748. The molecule has 2 nitrogen and oxygen atoms in total. The molecule has 1 aromatic rings. The molecule has 1 N–H and O–H groups in total. The molecule has 0 aliphatic rings. The summed E-state index contributed by atoms with van der Waals surface area (Å²) in [4.78, 5) is 1.27. The number of halogens is 1. The summed E-state index contributed by atoms with van der Waals surface area (Å²) >= 11 is 7.43. The normalized spacial score (nSPS) is 11.8. The maximum atomic E-state index is 5.63. The molecule has 0 saturated carbocycles. The number of hydrogen-bond acceptors (Lipinski definition) is 3. The molecule has 0 aliphatic heterocycles. The van der Waals surface area contributed by atoms with Gasteiger partial charge in [0.25, 0.3) is 0 Å². The van der Waals surface area contributed by atoms with Gasteiger partial charge in [-0.15, -0.1) is 11.8 Å². The van der Waals surface area contributed by atoms with Gasteiger partial charge in [0.1, 0.15) is 0 Å². The summed E-state index contributed by atoms with van der Waals surface area (Å²) in [6, 6.07) is 8.61. The van der Waals surface area contributed by atoms with E-state index in [0.29, 0.717) is 0 Å². The number of nitrogens with one attached hydrogen (secondary N) is 1. The molecule has 0 amide bonds. The van der Waals surface area contributed by atoms with Gasteiger partial charge in [0.05, 0.1) is 6.61 Å². The van der Waals surface area contributed by atoms with Crippen molar-refractivity contribution in [3.8, 4) is 0 Å². The lowest BCUT2D eigenvalue weighted by Gasteiger charge is -2.06. The van der Waals surface area contributed by atoms with Crippen molar-refractivity contribution in [1.29, 1.82) is 0 Å². The van der Waals surface area contributed by atoms with E-state index in [0.717, 1.165) is 25.4 Å². The first kappa shape index (κ1) is 15.6. The van der Waals surface area contributed by atoms with Gasteiger partial charge in [-0.1, -0.05) is 29.3 Å². The predicted octanol–water partition coefficient (Wildman–Crippen LogP) is 3.66. The minimum Gasteiger partial charge on any atom is -0.383 e. The van der Waals surface area contributed by atoms with Crippen LogP contribution in [0.25, 0.3) is 0 Å². The van der Waals surface area contributed by atoms with Crippen LogP contribution in [0.1, 0.15) is 12.5 Å². The molecule has 0 saturated heterocycles. The molecule has 100 valence electrons. The number of ether oxygens (including phenoxy) is 1. The van der Waals surface area contributed by atoms with Crippen LogP contribution in [-0.4, -0.2) is 26.0 Å². The van der Waals surface area contributed by atoms with Gasteiger partial charge in [0, 0.05) is 36.4 Å². The monoisotopic (exact) mass is 285 g/mol. The zero-order valence-corrected chi connectivity index (χ0v) is 12.5. The maximum Gasteiger partial charge on any atom is 0.0587 e. The smallest absolute Gasteiger partial charge is 0.0587 e. The molecular formula is C14H20ClNOS. The first-order chi connectivity index (χ1) is 8.76. The summed E-state index contributed by atoms with van der Waals surface area (Å²) in [5.41, 5.74) is 4.12. The van der Waals surface area contributed by atoms with Crippen molar-refractivity contribution in [3.05, 3.63) is 40.9 Å². The van der Waals surface area contributed by atoms with Gasteiger partial charge in [0.2, 0.25) is 0 Å². The third-order valence-corrected chi connectivity index (χ3v) is 3.97. The number of thioether (sulfide) groups is 1. The summed E-state index contributed by atoms with van der Waals surface area (Å²) in [6.45, 7) is 4.55. The third-order valence-electron chi connectivity index (χ3n) is 2.39. The van der Waals surface area contributed by atoms with Gasteiger partial charge in [-0.3, -0.25) is 0 Å². The second kappa shape index (κ2) is 9.45. The molecule has 0 aliphatic carbocycles. The molecule has 0 bridgehead atoms. The Morgan fingerprint density at radius 2 is 2.11 bits per heavy atom. The Kier molecular flexibility index (Phi) is 8.18. The minimum atomic E-state index is 0.748. The molecule has 1 aromatic carbocycles. The van der Waals surface area contributed by atoms with Crippen LogP contribution in [0.5, 0.6) is 0 Å². The van der Waals surface area contributed by atoms with E-state index < -0.39 is 0 Å². The Morgan fingerprint density at radius 1 is 1.39 bits per heavy atom. The van der Waals surface area contributed by atoms with Crippen LogP contribution in [0.15, 0.2) is 40.3 Å². The highest BCUT2D eigenvalue weighted by Gasteiger charge is 1.97. The van der Waals surface area contributed by atoms with Crippen molar-refractivity contribution in [2.45, 2.75) is 18.4 Å². The van der Waals surface area contributed by atoms with Crippen LogP contribution in [0.4, 0.5) is 0 Å². The highest BCUT2D eigenvalue weighted by atomic mass is 35.5. The second-order valence-corrected chi connectivity index (χ2v) is 5.32. The van der Waals surface area contributed by atoms with Crippen LogP contribution in [0.3, 0.4) is 0 Å². The molecule has 0 heterocycles. The van der Waals surface area contributed by atoms with E-state index in [1.165, 1.54) is 16.0 Å². The van der Waals surface area contributed by atoms with Gasteiger partial charge in [-0.2, -0.15) is 0 Å². The molecule has 0 radical (unpaired) electrons. The Morgan fingerprint density at radius 3 is 2.72 bits per heavy atom. The van der Waals surface area contributed by atoms with E-state index in [-0.39, 0.29) is 0 Å². The number of methoxy groups -OCH3 is 1. The van der Waals surface area contributed by atoms with E-state index >= 15 is 0 Å². The molecule has 0 unspecified atom stereocenters. The standard InChI is InChI=1S/C14H20ClNOS/c1-12(9-15)11-18-14-5-3-13(4-6-14)10-16-7-8-17-2/h3-6,9,16H,7-8,10-11H2,1-2H3/b12-9+. The zero-order chi connectivity index (χ0) is 13.2. The molecule has 0 aromatic heterocycles. The van der Waals surface area contributed by atoms with Gasteiger partial charge in [0.15, 0.2) is 0 Å². The average Bonchev–Trinajstić information content (AvgIpc) is 2.42. The first-order valence-corrected chi connectivity index (χ1v) is 7.35. The molecule has 0 atom stereocenters. The molecule has 0 spiro atoms. The second-order valence-electron chi connectivity index (χ2n) is 4.06. The molecule has 4 heteroatoms. The lowest BCUT2D eigenvalue weighted by atomic mass is 10.2. The largest absolute Gasteiger partial charge is 0.383 e. The fourth-order valence-electron chi connectivity index (χ4n) is 1.34. The summed E-state index contributed by atoms with van der Waals surface area (Å²) in [6.07, 6.45) is 0. The lowest BCUT2D eigenvalue weighted by molar-refractivity contribution is 0.199. The van der Waals surface area contributed by atoms with Gasteiger partial charge < -0.3 is 10.1 Å². The fraction of sp³-hybridized carbons (Fsp3) is 0.429. The Labute approximate surface area is 119 Å². The van der Waals surface area contributed by atoms with Crippen molar-refractivity contribution >= 4 is 23.4 Å². The van der Waals surface area contributed by atoms with Gasteiger partial charge in [-0.05, 0) is 24.6 Å². The van der Waals surface area contributed by atoms with Crippen LogP contribution >= 0.6 is 23.4 Å². The van der Waals surface area contributed by atoms with Crippen molar-refractivity contribution < 1.29 is 4.74 Å². The number of rotatable bonds is 8. The van der Waals surface area contributed by atoms with Crippen LogP contribution in [-0.2, 0) is 11.3 Å². The van der Waals surface area contributed by atoms with Crippen LogP contribution < -0.4 is 5.32 Å². The number of hydrogen-bond donors (Lipinski definition) is 1. The van der Waals surface area contributed by atoms with Crippen molar-refractivity contribution in [1.82, 2.24) is 5.32 Å². The van der Waals surface area contributed by atoms with Crippen molar-refractivity contribution in [2.75, 3.05) is 26.0 Å². The summed E-state index contributed by atoms with van der Waals surface area (Å²) in [5, 5.41) is 3.32. The Bertz CT molecular complexity index is 365. The maximum absolute atomic E-state index is 5.63. The van der Waals surface area contributed by atoms with Crippen LogP contribution in [0, 0.1) is 0 Å². The van der Waals surface area contributed by atoms with Gasteiger partial charge >= 0.3 is 0 Å². The Hall–Kier alpha value is -0.480. The third kappa shape index (κ3) is 6.45. The number of benzene rings is 1. The topological polar surface area (TPSA) is 21.3 Å². The lowest BCUT2D eigenvalue weighted by Crippen LogP contribution is -2.18. The Balaban J connectivity index is 2.33. The van der Waals surface area contributed by atoms with Crippen molar-refractivity contribution in [3.63, 3.8) is 0 Å². The molecule has 0 fully saturated rings. The van der Waals surface area contributed by atoms with E-state index in [4.69, 9.17) is 16.3 Å². The van der Waals surface area contributed by atoms with Gasteiger partial charge in [-0.25, -0.2) is 0 Å². The highest BCUT2D eigenvalue weighted by Crippen LogP contribution is 2.21. The van der Waals surface area contributed by atoms with E-state index in [2.05, 4.69) is 29.6 Å². The molecule has 1 rings (SSSR count). The summed E-state index contributed by atoms with van der Waals surface area (Å²) in [7, 11) is 1.71. The molecular weight excluding hydrogens is 266 g/mol. The SMILES string of the molecule is COCCNCc1ccc(SC/C(C)=C/Cl)cc1. The van der Waals surface area contributed by atoms with E-state index in [9.17, 15) is 0 Å². The quantitative estimate of drug-likeness (QED) is 0.582. The average molecular weight is 286 g/mol. The highest BCUT2D eigenvalue weighted by molar-refractivity contribution is 7.99.